The highest BCUT2D eigenvalue weighted by Gasteiger charge is 1.91. The third-order valence-corrected chi connectivity index (χ3v) is 1.28. The zero-order valence-corrected chi connectivity index (χ0v) is 6.48. The maximum atomic E-state index is 5.50. The number of hydrogen-bond donors (Lipinski definition) is 2. The zero-order chi connectivity index (χ0) is 7.11. The van der Waals surface area contributed by atoms with E-state index >= 15 is 0 Å². The minimum Gasteiger partial charge on any atom is -0.269 e. The first-order valence-corrected chi connectivity index (χ1v) is 3.66. The molecule has 0 aliphatic heterocycles. The van der Waals surface area contributed by atoms with Crippen molar-refractivity contribution in [3.8, 4) is 0 Å². The van der Waals surface area contributed by atoms with Crippen LogP contribution in [-0.2, 0) is 0 Å². The van der Waals surface area contributed by atoms with Crippen LogP contribution in [0.15, 0.2) is 12.7 Å². The van der Waals surface area contributed by atoms with E-state index in [0.29, 0.717) is 0 Å². The van der Waals surface area contributed by atoms with Crippen molar-refractivity contribution >= 4 is 12.6 Å². The van der Waals surface area contributed by atoms with Crippen LogP contribution in [-0.4, -0.2) is 23.9 Å². The van der Waals surface area contributed by atoms with Crippen LogP contribution in [0.4, 0.5) is 0 Å². The van der Waals surface area contributed by atoms with Crippen molar-refractivity contribution in [2.45, 2.75) is 6.42 Å². The van der Waals surface area contributed by atoms with E-state index in [1.165, 1.54) is 0 Å². The van der Waals surface area contributed by atoms with Crippen molar-refractivity contribution in [3.05, 3.63) is 12.7 Å². The van der Waals surface area contributed by atoms with Gasteiger partial charge in [0.15, 0.2) is 0 Å². The van der Waals surface area contributed by atoms with E-state index in [-0.39, 0.29) is 0 Å². The summed E-state index contributed by atoms with van der Waals surface area (Å²) >= 11 is 4.06. The minimum absolute atomic E-state index is 0.758. The van der Waals surface area contributed by atoms with Crippen molar-refractivity contribution in [3.63, 3.8) is 0 Å². The largest absolute Gasteiger partial charge is 0.269 e. The van der Waals surface area contributed by atoms with Gasteiger partial charge >= 0.3 is 0 Å². The number of thiol groups is 1. The lowest BCUT2D eigenvalue weighted by molar-refractivity contribution is 0.316. The highest BCUT2D eigenvalue weighted by Crippen LogP contribution is 1.86. The topological polar surface area (TPSA) is 29.3 Å². The molecule has 0 saturated heterocycles. The zero-order valence-electron chi connectivity index (χ0n) is 5.58. The van der Waals surface area contributed by atoms with Crippen LogP contribution in [0.5, 0.6) is 0 Å². The smallest absolute Gasteiger partial charge is 0.0306 e. The highest BCUT2D eigenvalue weighted by molar-refractivity contribution is 7.80. The third kappa shape index (κ3) is 5.89. The molecule has 0 spiro atoms. The molecule has 0 aromatic rings. The maximum absolute atomic E-state index is 5.50. The lowest BCUT2D eigenvalue weighted by Gasteiger charge is -2.11. The van der Waals surface area contributed by atoms with Crippen molar-refractivity contribution in [1.29, 1.82) is 0 Å². The highest BCUT2D eigenvalue weighted by atomic mass is 32.1. The average Bonchev–Trinajstić information content (AvgIpc) is 1.85. The molecule has 0 aromatic heterocycles. The Bertz CT molecular complexity index is 75.5. The SMILES string of the molecule is C=CCN(N)CCCS. The fourth-order valence-electron chi connectivity index (χ4n) is 0.531. The molecular formula is C6H14N2S. The van der Waals surface area contributed by atoms with E-state index in [9.17, 15) is 0 Å². The Morgan fingerprint density at radius 3 is 2.78 bits per heavy atom. The minimum atomic E-state index is 0.758. The number of hydrogen-bond acceptors (Lipinski definition) is 3. The first-order valence-electron chi connectivity index (χ1n) is 3.02. The molecule has 0 bridgehead atoms. The normalized spacial score (nSPS) is 10.1. The average molecular weight is 146 g/mol. The summed E-state index contributed by atoms with van der Waals surface area (Å²) in [4.78, 5) is 0. The summed E-state index contributed by atoms with van der Waals surface area (Å²) in [5.74, 6) is 6.39. The van der Waals surface area contributed by atoms with Gasteiger partial charge < -0.3 is 0 Å². The van der Waals surface area contributed by atoms with Crippen LogP contribution >= 0.6 is 12.6 Å². The Labute approximate surface area is 62.1 Å². The van der Waals surface area contributed by atoms with E-state index in [1.54, 1.807) is 11.1 Å². The van der Waals surface area contributed by atoms with Gasteiger partial charge in [-0.1, -0.05) is 6.08 Å². The molecule has 0 saturated carbocycles. The second kappa shape index (κ2) is 6.13. The Hall–Kier alpha value is 0.0100. The van der Waals surface area contributed by atoms with E-state index in [0.717, 1.165) is 25.3 Å². The summed E-state index contributed by atoms with van der Waals surface area (Å²) in [5.41, 5.74) is 0. The first kappa shape index (κ1) is 9.01. The maximum Gasteiger partial charge on any atom is 0.0306 e. The summed E-state index contributed by atoms with van der Waals surface area (Å²) in [6.45, 7) is 5.22. The number of nitrogens with zero attached hydrogens (tertiary/aromatic N) is 1. The van der Waals surface area contributed by atoms with Crippen molar-refractivity contribution in [1.82, 2.24) is 5.01 Å². The summed E-state index contributed by atoms with van der Waals surface area (Å²) in [6, 6.07) is 0. The van der Waals surface area contributed by atoms with Crippen LogP contribution in [0.2, 0.25) is 0 Å². The van der Waals surface area contributed by atoms with Crippen LogP contribution in [0.25, 0.3) is 0 Å². The lowest BCUT2D eigenvalue weighted by Crippen LogP contribution is -2.32. The van der Waals surface area contributed by atoms with Gasteiger partial charge in [0.25, 0.3) is 0 Å². The molecule has 2 nitrogen and oxygen atoms in total. The molecule has 0 unspecified atom stereocenters. The van der Waals surface area contributed by atoms with Gasteiger partial charge in [-0.2, -0.15) is 12.6 Å². The van der Waals surface area contributed by atoms with Crippen molar-refractivity contribution < 1.29 is 0 Å². The van der Waals surface area contributed by atoms with Gasteiger partial charge in [-0.05, 0) is 12.2 Å². The summed E-state index contributed by atoms with van der Waals surface area (Å²) in [7, 11) is 0. The van der Waals surface area contributed by atoms with E-state index in [1.807, 2.05) is 0 Å². The summed E-state index contributed by atoms with van der Waals surface area (Å²) in [5, 5.41) is 1.73. The monoisotopic (exact) mass is 146 g/mol. The third-order valence-electron chi connectivity index (χ3n) is 0.967. The molecule has 0 atom stereocenters. The molecule has 0 aliphatic carbocycles. The molecule has 2 N–H and O–H groups in total. The van der Waals surface area contributed by atoms with Crippen molar-refractivity contribution in [2.24, 2.45) is 5.84 Å². The van der Waals surface area contributed by atoms with Crippen LogP contribution in [0.3, 0.4) is 0 Å². The predicted octanol–water partition coefficient (Wildman–Crippen LogP) is 0.668. The fourth-order valence-corrected chi connectivity index (χ4v) is 0.672. The molecule has 0 heterocycles. The standard InChI is InChI=1S/C6H14N2S/c1-2-4-8(7)5-3-6-9/h2,9H,1,3-7H2. The van der Waals surface area contributed by atoms with E-state index in [4.69, 9.17) is 5.84 Å². The van der Waals surface area contributed by atoms with Crippen LogP contribution < -0.4 is 5.84 Å². The molecule has 3 heteroatoms. The second-order valence-electron chi connectivity index (χ2n) is 1.86. The summed E-state index contributed by atoms with van der Waals surface area (Å²) < 4.78 is 0. The lowest BCUT2D eigenvalue weighted by atomic mass is 10.4. The molecule has 0 rings (SSSR count). The fraction of sp³-hybridized carbons (Fsp3) is 0.667. The predicted molar refractivity (Wildman–Crippen MR) is 44.4 cm³/mol. The van der Waals surface area contributed by atoms with Gasteiger partial charge in [0.2, 0.25) is 0 Å². The van der Waals surface area contributed by atoms with Crippen LogP contribution in [0, 0.1) is 0 Å². The Morgan fingerprint density at radius 1 is 1.67 bits per heavy atom. The molecule has 0 radical (unpaired) electrons. The van der Waals surface area contributed by atoms with Gasteiger partial charge in [0, 0.05) is 13.1 Å². The van der Waals surface area contributed by atoms with Crippen molar-refractivity contribution in [2.75, 3.05) is 18.8 Å². The molecule has 0 fully saturated rings. The van der Waals surface area contributed by atoms with Gasteiger partial charge in [-0.25, -0.2) is 5.01 Å². The first-order chi connectivity index (χ1) is 4.31. The number of hydrazine groups is 1. The van der Waals surface area contributed by atoms with Gasteiger partial charge in [-0.3, -0.25) is 5.84 Å². The molecule has 0 aliphatic rings. The van der Waals surface area contributed by atoms with Crippen LogP contribution in [0.1, 0.15) is 6.42 Å². The molecular weight excluding hydrogens is 132 g/mol. The molecule has 54 valence electrons. The summed E-state index contributed by atoms with van der Waals surface area (Å²) in [6.07, 6.45) is 2.83. The molecule has 9 heavy (non-hydrogen) atoms. The Morgan fingerprint density at radius 2 is 2.33 bits per heavy atom. The molecule has 0 aromatic carbocycles. The Kier molecular flexibility index (Phi) is 6.14. The van der Waals surface area contributed by atoms with E-state index < -0.39 is 0 Å². The molecule has 0 amide bonds. The van der Waals surface area contributed by atoms with E-state index in [2.05, 4.69) is 19.2 Å². The Balaban J connectivity index is 3.04. The number of nitrogens with two attached hydrogens (primary N) is 1. The van der Waals surface area contributed by atoms with Gasteiger partial charge in [0.05, 0.1) is 0 Å². The quantitative estimate of drug-likeness (QED) is 0.258. The van der Waals surface area contributed by atoms with Gasteiger partial charge in [-0.15, -0.1) is 6.58 Å². The van der Waals surface area contributed by atoms with Gasteiger partial charge in [0.1, 0.15) is 0 Å². The number of rotatable bonds is 5. The second-order valence-corrected chi connectivity index (χ2v) is 2.31.